The van der Waals surface area contributed by atoms with Crippen LogP contribution in [0.1, 0.15) is 19.8 Å². The normalized spacial score (nSPS) is 22.3. The minimum atomic E-state index is -1.14. The second-order valence-corrected chi connectivity index (χ2v) is 10.4. The molecule has 0 saturated carbocycles. The highest BCUT2D eigenvalue weighted by Crippen LogP contribution is 2.34. The second kappa shape index (κ2) is 4.21. The summed E-state index contributed by atoms with van der Waals surface area (Å²) < 4.78 is 5.11. The molecule has 0 bridgehead atoms. The van der Waals surface area contributed by atoms with Crippen LogP contribution in [-0.4, -0.2) is 14.0 Å². The molecule has 1 atom stereocenters. The number of allylic oxidation sites excluding steroid dienone is 2. The number of carbonyl (C=O) groups is 1. The third kappa shape index (κ3) is 3.22. The Labute approximate surface area is 87.3 Å². The molecule has 0 saturated heterocycles. The molecule has 0 aromatic heterocycles. The third-order valence-electron chi connectivity index (χ3n) is 2.56. The number of hydrogen-bond acceptors (Lipinski definition) is 2. The zero-order valence-electron chi connectivity index (χ0n) is 9.46. The lowest BCUT2D eigenvalue weighted by atomic mass is 10.1. The fourth-order valence-corrected chi connectivity index (χ4v) is 3.38. The summed E-state index contributed by atoms with van der Waals surface area (Å²) in [5.74, 6) is 0.555. The van der Waals surface area contributed by atoms with Gasteiger partial charge in [0.15, 0.2) is 0 Å². The van der Waals surface area contributed by atoms with E-state index in [-0.39, 0.29) is 5.97 Å². The first-order valence-corrected chi connectivity index (χ1v) is 8.71. The molecule has 14 heavy (non-hydrogen) atoms. The van der Waals surface area contributed by atoms with E-state index in [4.69, 9.17) is 4.74 Å². The molecule has 0 radical (unpaired) electrons. The SMILES string of the molecule is CC(=O)OC1=CC([Si](C)(C)C)CC[CH-]1. The van der Waals surface area contributed by atoms with Crippen molar-refractivity contribution in [2.45, 2.75) is 44.9 Å². The van der Waals surface area contributed by atoms with Crippen molar-refractivity contribution in [3.05, 3.63) is 18.3 Å². The van der Waals surface area contributed by atoms with Gasteiger partial charge in [-0.15, -0.1) is 0 Å². The molecule has 1 aliphatic carbocycles. The smallest absolute Gasteiger partial charge is 0.305 e. The molecule has 3 heteroatoms. The van der Waals surface area contributed by atoms with Crippen molar-refractivity contribution in [2.24, 2.45) is 0 Å². The summed E-state index contributed by atoms with van der Waals surface area (Å²) in [5, 5.41) is 0. The van der Waals surface area contributed by atoms with Crippen molar-refractivity contribution in [2.75, 3.05) is 0 Å². The van der Waals surface area contributed by atoms with E-state index in [0.29, 0.717) is 5.54 Å². The Morgan fingerprint density at radius 2 is 2.21 bits per heavy atom. The van der Waals surface area contributed by atoms with Crippen molar-refractivity contribution in [3.8, 4) is 0 Å². The van der Waals surface area contributed by atoms with Crippen LogP contribution in [-0.2, 0) is 9.53 Å². The van der Waals surface area contributed by atoms with Gasteiger partial charge in [0, 0.05) is 15.0 Å². The largest absolute Gasteiger partial charge is 0.466 e. The molecule has 1 unspecified atom stereocenters. The molecule has 1 rings (SSSR count). The molecule has 1 aliphatic rings. The first-order valence-electron chi connectivity index (χ1n) is 5.13. The Bertz CT molecular complexity index is 251. The highest BCUT2D eigenvalue weighted by Gasteiger charge is 2.22. The Hall–Kier alpha value is -0.703. The maximum Gasteiger partial charge on any atom is 0.305 e. The van der Waals surface area contributed by atoms with Gasteiger partial charge in [-0.05, 0) is 5.76 Å². The standard InChI is InChI=1S/C11H19O2Si/c1-9(12)13-10-6-5-7-11(8-10)14(2,3)4/h6,8,11H,5,7H2,1-4H3/q-1. The van der Waals surface area contributed by atoms with Crippen LogP contribution >= 0.6 is 0 Å². The molecule has 0 aliphatic heterocycles. The average Bonchev–Trinajstić information content (AvgIpc) is 2.01. The highest BCUT2D eigenvalue weighted by molar-refractivity contribution is 6.78. The van der Waals surface area contributed by atoms with Crippen molar-refractivity contribution in [1.29, 1.82) is 0 Å². The first kappa shape index (κ1) is 11.4. The van der Waals surface area contributed by atoms with E-state index in [1.54, 1.807) is 0 Å². The number of carbonyl (C=O) groups excluding carboxylic acids is 1. The van der Waals surface area contributed by atoms with E-state index in [1.807, 2.05) is 6.42 Å². The molecule has 0 aromatic rings. The van der Waals surface area contributed by atoms with Crippen molar-refractivity contribution in [1.82, 2.24) is 0 Å². The Balaban J connectivity index is 2.69. The van der Waals surface area contributed by atoms with Crippen LogP contribution in [0.2, 0.25) is 25.2 Å². The van der Waals surface area contributed by atoms with Gasteiger partial charge in [0.05, 0.1) is 0 Å². The summed E-state index contributed by atoms with van der Waals surface area (Å²) in [4.78, 5) is 10.8. The van der Waals surface area contributed by atoms with Crippen LogP contribution < -0.4 is 0 Å². The van der Waals surface area contributed by atoms with E-state index in [9.17, 15) is 4.79 Å². The Kier molecular flexibility index (Phi) is 3.42. The second-order valence-electron chi connectivity index (χ2n) is 4.92. The molecule has 0 amide bonds. The fraction of sp³-hybridized carbons (Fsp3) is 0.636. The number of esters is 1. The summed E-state index contributed by atoms with van der Waals surface area (Å²) in [7, 11) is -1.14. The van der Waals surface area contributed by atoms with Gasteiger partial charge in [-0.1, -0.05) is 38.0 Å². The summed E-state index contributed by atoms with van der Waals surface area (Å²) in [6.45, 7) is 8.51. The number of rotatable bonds is 2. The maximum absolute atomic E-state index is 10.8. The summed E-state index contributed by atoms with van der Waals surface area (Å²) in [6.07, 6.45) is 6.39. The predicted octanol–water partition coefficient (Wildman–Crippen LogP) is 3.14. The van der Waals surface area contributed by atoms with E-state index >= 15 is 0 Å². The highest BCUT2D eigenvalue weighted by atomic mass is 28.3. The maximum atomic E-state index is 10.8. The third-order valence-corrected chi connectivity index (χ3v) is 5.24. The van der Waals surface area contributed by atoms with Crippen molar-refractivity contribution >= 4 is 14.0 Å². The fourth-order valence-electron chi connectivity index (χ4n) is 1.68. The van der Waals surface area contributed by atoms with E-state index in [2.05, 4.69) is 25.7 Å². The van der Waals surface area contributed by atoms with Crippen LogP contribution in [0.4, 0.5) is 0 Å². The van der Waals surface area contributed by atoms with Gasteiger partial charge in [-0.25, -0.2) is 0 Å². The van der Waals surface area contributed by atoms with Gasteiger partial charge in [-0.2, -0.15) is 12.5 Å². The molecule has 0 fully saturated rings. The van der Waals surface area contributed by atoms with Crippen LogP contribution in [0, 0.1) is 6.42 Å². The molecule has 0 aromatic carbocycles. The van der Waals surface area contributed by atoms with Crippen molar-refractivity contribution < 1.29 is 9.53 Å². The van der Waals surface area contributed by atoms with Gasteiger partial charge < -0.3 is 4.74 Å². The quantitative estimate of drug-likeness (QED) is 0.398. The van der Waals surface area contributed by atoms with Crippen LogP contribution in [0.25, 0.3) is 0 Å². The molecular formula is C11H19O2Si-. The average molecular weight is 211 g/mol. The summed E-state index contributed by atoms with van der Waals surface area (Å²) in [6, 6.07) is 0. The summed E-state index contributed by atoms with van der Waals surface area (Å²) in [5.41, 5.74) is 0.641. The Morgan fingerprint density at radius 3 is 2.71 bits per heavy atom. The first-order chi connectivity index (χ1) is 6.39. The van der Waals surface area contributed by atoms with E-state index in [0.717, 1.165) is 12.2 Å². The van der Waals surface area contributed by atoms with Crippen LogP contribution in [0.3, 0.4) is 0 Å². The molecule has 0 N–H and O–H groups in total. The Morgan fingerprint density at radius 1 is 1.57 bits per heavy atom. The van der Waals surface area contributed by atoms with E-state index in [1.165, 1.54) is 13.3 Å². The number of hydrogen-bond donors (Lipinski definition) is 0. The van der Waals surface area contributed by atoms with E-state index < -0.39 is 8.07 Å². The summed E-state index contributed by atoms with van der Waals surface area (Å²) >= 11 is 0. The zero-order chi connectivity index (χ0) is 10.8. The molecular weight excluding hydrogens is 192 g/mol. The molecule has 80 valence electrons. The lowest BCUT2D eigenvalue weighted by Gasteiger charge is -2.36. The lowest BCUT2D eigenvalue weighted by Crippen LogP contribution is -2.28. The number of ether oxygens (including phenoxy) is 1. The van der Waals surface area contributed by atoms with Crippen LogP contribution in [0.5, 0.6) is 0 Å². The minimum Gasteiger partial charge on any atom is -0.466 e. The topological polar surface area (TPSA) is 26.3 Å². The molecule has 0 spiro atoms. The van der Waals surface area contributed by atoms with Gasteiger partial charge in [0.1, 0.15) is 0 Å². The minimum absolute atomic E-state index is 0.219. The lowest BCUT2D eigenvalue weighted by molar-refractivity contribution is -0.136. The van der Waals surface area contributed by atoms with Gasteiger partial charge in [0.25, 0.3) is 0 Å². The molecule has 2 nitrogen and oxygen atoms in total. The van der Waals surface area contributed by atoms with Gasteiger partial charge >= 0.3 is 5.97 Å². The van der Waals surface area contributed by atoms with Crippen molar-refractivity contribution in [3.63, 3.8) is 0 Å². The van der Waals surface area contributed by atoms with Crippen LogP contribution in [0.15, 0.2) is 11.8 Å². The molecule has 0 heterocycles. The van der Waals surface area contributed by atoms with Gasteiger partial charge in [-0.3, -0.25) is 4.79 Å². The zero-order valence-corrected chi connectivity index (χ0v) is 10.5. The monoisotopic (exact) mass is 211 g/mol. The van der Waals surface area contributed by atoms with Gasteiger partial charge in [0.2, 0.25) is 0 Å². The predicted molar refractivity (Wildman–Crippen MR) is 60.5 cm³/mol.